The van der Waals surface area contributed by atoms with E-state index in [4.69, 9.17) is 4.74 Å². The van der Waals surface area contributed by atoms with Crippen molar-refractivity contribution >= 4 is 28.1 Å². The van der Waals surface area contributed by atoms with Gasteiger partial charge in [0.15, 0.2) is 0 Å². The maximum Gasteiger partial charge on any atom is 0.271 e. The fourth-order valence-electron chi connectivity index (χ4n) is 1.40. The molecule has 0 fully saturated rings. The predicted molar refractivity (Wildman–Crippen MR) is 79.2 cm³/mol. The van der Waals surface area contributed by atoms with Gasteiger partial charge in [0.05, 0.1) is 17.3 Å². The lowest BCUT2D eigenvalue weighted by atomic mass is 10.2. The molecule has 20 heavy (non-hydrogen) atoms. The van der Waals surface area contributed by atoms with Gasteiger partial charge in [-0.2, -0.15) is 5.10 Å². The van der Waals surface area contributed by atoms with E-state index in [2.05, 4.69) is 41.6 Å². The van der Waals surface area contributed by atoms with Gasteiger partial charge in [-0.1, -0.05) is 0 Å². The molecule has 104 valence electrons. The predicted octanol–water partition coefficient (Wildman–Crippen LogP) is 1.77. The van der Waals surface area contributed by atoms with Gasteiger partial charge < -0.3 is 4.74 Å². The van der Waals surface area contributed by atoms with Gasteiger partial charge in [0.2, 0.25) is 5.95 Å². The Morgan fingerprint density at radius 1 is 1.55 bits per heavy atom. The number of hydrazone groups is 1. The first-order valence-electron chi connectivity index (χ1n) is 5.82. The molecular weight excluding hydrogens is 326 g/mol. The van der Waals surface area contributed by atoms with E-state index in [1.165, 1.54) is 0 Å². The molecule has 0 bridgehead atoms. The quantitative estimate of drug-likeness (QED) is 0.640. The molecule has 7 nitrogen and oxygen atoms in total. The number of halogens is 1. The van der Waals surface area contributed by atoms with Crippen LogP contribution in [-0.2, 0) is 0 Å². The molecule has 0 aliphatic heterocycles. The summed E-state index contributed by atoms with van der Waals surface area (Å²) in [6, 6.07) is 5.58. The van der Waals surface area contributed by atoms with Crippen molar-refractivity contribution in [3.05, 3.63) is 44.8 Å². The van der Waals surface area contributed by atoms with Crippen molar-refractivity contribution in [2.24, 2.45) is 5.10 Å². The van der Waals surface area contributed by atoms with E-state index < -0.39 is 0 Å². The Morgan fingerprint density at radius 3 is 3.10 bits per heavy atom. The summed E-state index contributed by atoms with van der Waals surface area (Å²) in [6.07, 6.45) is 2.67. The molecule has 1 aromatic heterocycles. The summed E-state index contributed by atoms with van der Waals surface area (Å²) in [5.41, 5.74) is 3.10. The normalized spacial score (nSPS) is 10.7. The Balaban J connectivity index is 2.04. The molecule has 8 heteroatoms. The smallest absolute Gasteiger partial charge is 0.271 e. The summed E-state index contributed by atoms with van der Waals surface area (Å²) in [6.45, 7) is 2.53. The maximum absolute atomic E-state index is 11.0. The molecule has 0 aliphatic carbocycles. The van der Waals surface area contributed by atoms with Gasteiger partial charge in [-0.15, -0.1) is 10.2 Å². The third-order valence-corrected chi connectivity index (χ3v) is 2.83. The van der Waals surface area contributed by atoms with Crippen LogP contribution in [-0.4, -0.2) is 28.0 Å². The number of anilines is 1. The molecule has 0 spiro atoms. The second kappa shape index (κ2) is 6.80. The molecule has 2 rings (SSSR count). The fraction of sp³-hybridized carbons (Fsp3) is 0.167. The first kappa shape index (κ1) is 14.2. The highest BCUT2D eigenvalue weighted by Crippen LogP contribution is 2.25. The van der Waals surface area contributed by atoms with Gasteiger partial charge in [-0.3, -0.25) is 9.78 Å². The molecule has 1 aromatic carbocycles. The number of aromatic amines is 1. The topological polar surface area (TPSA) is 92.3 Å². The van der Waals surface area contributed by atoms with Crippen molar-refractivity contribution in [3.8, 4) is 5.75 Å². The summed E-state index contributed by atoms with van der Waals surface area (Å²) >= 11 is 3.42. The molecule has 0 radical (unpaired) electrons. The number of hydrogen-bond acceptors (Lipinski definition) is 6. The zero-order valence-electron chi connectivity index (χ0n) is 10.6. The van der Waals surface area contributed by atoms with Crippen LogP contribution in [0.2, 0.25) is 0 Å². The number of nitrogens with one attached hydrogen (secondary N) is 2. The highest BCUT2D eigenvalue weighted by atomic mass is 79.9. The molecule has 0 saturated heterocycles. The number of ether oxygens (including phenoxy) is 1. The first-order chi connectivity index (χ1) is 9.69. The van der Waals surface area contributed by atoms with Gasteiger partial charge in [0, 0.05) is 0 Å². The number of rotatable bonds is 5. The second-order valence-corrected chi connectivity index (χ2v) is 4.53. The fourth-order valence-corrected chi connectivity index (χ4v) is 1.91. The third kappa shape index (κ3) is 3.89. The molecule has 0 saturated carbocycles. The average molecular weight is 338 g/mol. The minimum absolute atomic E-state index is 0.179. The van der Waals surface area contributed by atoms with Gasteiger partial charge in [-0.05, 0) is 46.6 Å². The van der Waals surface area contributed by atoms with Crippen LogP contribution in [0.5, 0.6) is 5.75 Å². The van der Waals surface area contributed by atoms with Crippen molar-refractivity contribution in [1.29, 1.82) is 0 Å². The Morgan fingerprint density at radius 2 is 2.40 bits per heavy atom. The van der Waals surface area contributed by atoms with Gasteiger partial charge in [0.1, 0.15) is 11.9 Å². The van der Waals surface area contributed by atoms with Crippen molar-refractivity contribution in [3.63, 3.8) is 0 Å². The van der Waals surface area contributed by atoms with E-state index in [9.17, 15) is 4.79 Å². The van der Waals surface area contributed by atoms with Crippen LogP contribution in [0, 0.1) is 0 Å². The lowest BCUT2D eigenvalue weighted by Gasteiger charge is -2.05. The van der Waals surface area contributed by atoms with Crippen molar-refractivity contribution in [1.82, 2.24) is 15.2 Å². The summed E-state index contributed by atoms with van der Waals surface area (Å²) in [5, 5.41) is 11.1. The highest BCUT2D eigenvalue weighted by Gasteiger charge is 2.00. The Bertz CT molecular complexity index is 671. The lowest BCUT2D eigenvalue weighted by Crippen LogP contribution is -2.10. The van der Waals surface area contributed by atoms with Crippen LogP contribution in [0.3, 0.4) is 0 Å². The maximum atomic E-state index is 11.0. The van der Waals surface area contributed by atoms with E-state index in [0.29, 0.717) is 6.61 Å². The molecule has 0 unspecified atom stereocenters. The SMILES string of the molecule is CCOc1ccc(/C=N/Nc2nncc(=O)[nH]2)cc1Br. The van der Waals surface area contributed by atoms with E-state index >= 15 is 0 Å². The number of benzene rings is 1. The zero-order chi connectivity index (χ0) is 14.4. The average Bonchev–Trinajstić information content (AvgIpc) is 2.42. The van der Waals surface area contributed by atoms with Gasteiger partial charge in [0.25, 0.3) is 5.56 Å². The number of nitrogens with zero attached hydrogens (tertiary/aromatic N) is 3. The number of aromatic nitrogens is 3. The largest absolute Gasteiger partial charge is 0.493 e. The molecular formula is C12H12BrN5O2. The highest BCUT2D eigenvalue weighted by molar-refractivity contribution is 9.10. The summed E-state index contributed by atoms with van der Waals surface area (Å²) in [4.78, 5) is 13.4. The Labute approximate surface area is 123 Å². The van der Waals surface area contributed by atoms with E-state index in [0.717, 1.165) is 22.0 Å². The van der Waals surface area contributed by atoms with E-state index in [1.54, 1.807) is 6.21 Å². The van der Waals surface area contributed by atoms with Crippen LogP contribution in [0.4, 0.5) is 5.95 Å². The van der Waals surface area contributed by atoms with E-state index in [1.807, 2.05) is 25.1 Å². The lowest BCUT2D eigenvalue weighted by molar-refractivity contribution is 0.338. The molecule has 0 aliphatic rings. The van der Waals surface area contributed by atoms with Gasteiger partial charge >= 0.3 is 0 Å². The van der Waals surface area contributed by atoms with Crippen LogP contribution in [0.1, 0.15) is 12.5 Å². The Hall–Kier alpha value is -2.22. The van der Waals surface area contributed by atoms with Crippen LogP contribution in [0.15, 0.2) is 38.8 Å². The standard InChI is InChI=1S/C12H12BrN5O2/c1-2-20-10-4-3-8(5-9(10)13)6-14-17-12-16-11(19)7-15-18-12/h3-7H,2H2,1H3,(H2,16,17,18,19)/b14-6+. The summed E-state index contributed by atoms with van der Waals surface area (Å²) < 4.78 is 6.26. The number of hydrogen-bond donors (Lipinski definition) is 2. The first-order valence-corrected chi connectivity index (χ1v) is 6.62. The molecule has 0 atom stereocenters. The van der Waals surface area contributed by atoms with Crippen LogP contribution in [0.25, 0.3) is 0 Å². The summed E-state index contributed by atoms with van der Waals surface area (Å²) in [5.74, 6) is 0.953. The van der Waals surface area contributed by atoms with Crippen molar-refractivity contribution in [2.45, 2.75) is 6.92 Å². The third-order valence-electron chi connectivity index (χ3n) is 2.21. The van der Waals surface area contributed by atoms with Crippen molar-refractivity contribution < 1.29 is 4.74 Å². The van der Waals surface area contributed by atoms with Crippen molar-refractivity contribution in [2.75, 3.05) is 12.0 Å². The van der Waals surface area contributed by atoms with Crippen LogP contribution >= 0.6 is 15.9 Å². The van der Waals surface area contributed by atoms with E-state index in [-0.39, 0.29) is 11.5 Å². The zero-order valence-corrected chi connectivity index (χ0v) is 12.2. The molecule has 0 amide bonds. The minimum atomic E-state index is -0.346. The molecule has 2 N–H and O–H groups in total. The minimum Gasteiger partial charge on any atom is -0.493 e. The monoisotopic (exact) mass is 337 g/mol. The van der Waals surface area contributed by atoms with Gasteiger partial charge in [-0.25, -0.2) is 5.43 Å². The second-order valence-electron chi connectivity index (χ2n) is 3.68. The summed E-state index contributed by atoms with van der Waals surface area (Å²) in [7, 11) is 0. The van der Waals surface area contributed by atoms with Crippen LogP contribution < -0.4 is 15.7 Å². The molecule has 2 aromatic rings. The number of H-pyrrole nitrogens is 1. The Kier molecular flexibility index (Phi) is 4.83. The molecule has 1 heterocycles.